The van der Waals surface area contributed by atoms with Crippen LogP contribution in [0.15, 0.2) is 48.7 Å². The van der Waals surface area contributed by atoms with Crippen molar-refractivity contribution in [2.75, 3.05) is 18.4 Å². The summed E-state index contributed by atoms with van der Waals surface area (Å²) < 4.78 is 1.79. The largest absolute Gasteiger partial charge is 0.367 e. The van der Waals surface area contributed by atoms with Crippen LogP contribution < -0.4 is 10.6 Å². The van der Waals surface area contributed by atoms with Crippen LogP contribution in [-0.4, -0.2) is 44.0 Å². The van der Waals surface area contributed by atoms with Crippen molar-refractivity contribution in [2.24, 2.45) is 0 Å². The van der Waals surface area contributed by atoms with Crippen molar-refractivity contribution in [1.29, 1.82) is 0 Å². The van der Waals surface area contributed by atoms with Crippen molar-refractivity contribution in [2.45, 2.75) is 20.8 Å². The molecule has 0 atom stereocenters. The SMILES string of the molecule is Cc1nn(-c2ccc(NCCNC(=O)c3nccc4ccccc34)nn2)c(C)c1C. The van der Waals surface area contributed by atoms with E-state index < -0.39 is 0 Å². The van der Waals surface area contributed by atoms with Gasteiger partial charge in [0.1, 0.15) is 11.5 Å². The molecule has 0 aliphatic rings. The number of rotatable bonds is 6. The molecule has 1 amide bonds. The quantitative estimate of drug-likeness (QED) is 0.482. The zero-order chi connectivity index (χ0) is 21.1. The Balaban J connectivity index is 1.33. The van der Waals surface area contributed by atoms with Gasteiger partial charge in [-0.25, -0.2) is 4.68 Å². The van der Waals surface area contributed by atoms with Gasteiger partial charge in [0, 0.05) is 30.4 Å². The fourth-order valence-corrected chi connectivity index (χ4v) is 3.23. The van der Waals surface area contributed by atoms with Crippen molar-refractivity contribution in [3.05, 3.63) is 71.3 Å². The number of carbonyl (C=O) groups is 1. The molecule has 0 bridgehead atoms. The van der Waals surface area contributed by atoms with E-state index in [4.69, 9.17) is 0 Å². The predicted octanol–water partition coefficient (Wildman–Crippen LogP) is 2.98. The number of nitrogens with one attached hydrogen (secondary N) is 2. The second-order valence-electron chi connectivity index (χ2n) is 7.05. The number of anilines is 1. The number of aryl methyl sites for hydroxylation is 1. The lowest BCUT2D eigenvalue weighted by molar-refractivity contribution is 0.0952. The average Bonchev–Trinajstić information content (AvgIpc) is 3.04. The van der Waals surface area contributed by atoms with Gasteiger partial charge in [-0.3, -0.25) is 9.78 Å². The van der Waals surface area contributed by atoms with Crippen LogP contribution >= 0.6 is 0 Å². The van der Waals surface area contributed by atoms with E-state index in [1.807, 2.05) is 63.2 Å². The van der Waals surface area contributed by atoms with Gasteiger partial charge >= 0.3 is 0 Å². The number of nitrogens with zero attached hydrogens (tertiary/aromatic N) is 5. The minimum absolute atomic E-state index is 0.199. The van der Waals surface area contributed by atoms with Crippen LogP contribution in [0.4, 0.5) is 5.82 Å². The molecule has 2 N–H and O–H groups in total. The second-order valence-corrected chi connectivity index (χ2v) is 7.05. The van der Waals surface area contributed by atoms with Crippen molar-refractivity contribution < 1.29 is 4.79 Å². The minimum Gasteiger partial charge on any atom is -0.367 e. The van der Waals surface area contributed by atoms with Gasteiger partial charge in [0.05, 0.1) is 5.69 Å². The topological polar surface area (TPSA) is 97.6 Å². The molecule has 152 valence electrons. The molecule has 0 saturated carbocycles. The third kappa shape index (κ3) is 3.84. The standard InChI is InChI=1S/C22H23N7O/c1-14-15(2)28-29(16(14)3)20-9-8-19(26-27-20)23-12-13-25-22(30)21-18-7-5-4-6-17(18)10-11-24-21/h4-11H,12-13H2,1-3H3,(H,23,26)(H,25,30). The third-order valence-electron chi connectivity index (χ3n) is 5.13. The van der Waals surface area contributed by atoms with Gasteiger partial charge in [0.2, 0.25) is 0 Å². The Morgan fingerprint density at radius 2 is 1.83 bits per heavy atom. The molecule has 4 aromatic rings. The smallest absolute Gasteiger partial charge is 0.270 e. The molecule has 0 spiro atoms. The first kappa shape index (κ1) is 19.5. The maximum atomic E-state index is 12.5. The molecule has 8 heteroatoms. The first-order valence-electron chi connectivity index (χ1n) is 9.77. The van der Waals surface area contributed by atoms with Crippen LogP contribution in [0.2, 0.25) is 0 Å². The number of amides is 1. The van der Waals surface area contributed by atoms with Gasteiger partial charge in [-0.2, -0.15) is 5.10 Å². The van der Waals surface area contributed by atoms with Crippen LogP contribution in [-0.2, 0) is 0 Å². The summed E-state index contributed by atoms with van der Waals surface area (Å²) in [6, 6.07) is 13.3. The lowest BCUT2D eigenvalue weighted by atomic mass is 10.1. The molecule has 0 unspecified atom stereocenters. The van der Waals surface area contributed by atoms with E-state index in [1.54, 1.807) is 10.9 Å². The van der Waals surface area contributed by atoms with Gasteiger partial charge in [0.25, 0.3) is 5.91 Å². The number of aromatic nitrogens is 5. The number of benzene rings is 1. The highest BCUT2D eigenvalue weighted by Crippen LogP contribution is 2.17. The van der Waals surface area contributed by atoms with Gasteiger partial charge in [-0.05, 0) is 49.9 Å². The Morgan fingerprint density at radius 3 is 2.57 bits per heavy atom. The summed E-state index contributed by atoms with van der Waals surface area (Å²) in [6.07, 6.45) is 1.65. The lowest BCUT2D eigenvalue weighted by Gasteiger charge is -2.09. The van der Waals surface area contributed by atoms with Crippen LogP contribution in [0.3, 0.4) is 0 Å². The molecule has 3 aromatic heterocycles. The Hall–Kier alpha value is -3.81. The molecule has 0 fully saturated rings. The maximum absolute atomic E-state index is 12.5. The minimum atomic E-state index is -0.199. The molecule has 3 heterocycles. The fraction of sp³-hybridized carbons (Fsp3) is 0.227. The van der Waals surface area contributed by atoms with Crippen LogP contribution in [0.1, 0.15) is 27.4 Å². The summed E-state index contributed by atoms with van der Waals surface area (Å²) in [6.45, 7) is 6.98. The number of fused-ring (bicyclic) bond motifs is 1. The molecule has 0 radical (unpaired) electrons. The molecule has 0 aliphatic carbocycles. The van der Waals surface area contributed by atoms with E-state index >= 15 is 0 Å². The molecule has 1 aromatic carbocycles. The molecule has 30 heavy (non-hydrogen) atoms. The monoisotopic (exact) mass is 401 g/mol. The Bertz CT molecular complexity index is 1190. The lowest BCUT2D eigenvalue weighted by Crippen LogP contribution is -2.29. The summed E-state index contributed by atoms with van der Waals surface area (Å²) in [5, 5.41) is 20.8. The average molecular weight is 401 g/mol. The van der Waals surface area contributed by atoms with E-state index in [0.29, 0.717) is 30.4 Å². The molecular weight excluding hydrogens is 378 g/mol. The van der Waals surface area contributed by atoms with E-state index in [2.05, 4.69) is 30.9 Å². The van der Waals surface area contributed by atoms with E-state index in [1.165, 1.54) is 0 Å². The zero-order valence-corrected chi connectivity index (χ0v) is 17.2. The molecule has 0 saturated heterocycles. The van der Waals surface area contributed by atoms with Gasteiger partial charge in [-0.1, -0.05) is 24.3 Å². The Kier molecular flexibility index (Phi) is 5.38. The highest BCUT2D eigenvalue weighted by atomic mass is 16.1. The fourth-order valence-electron chi connectivity index (χ4n) is 3.23. The second kappa shape index (κ2) is 8.28. The van der Waals surface area contributed by atoms with E-state index in [-0.39, 0.29) is 5.91 Å². The third-order valence-corrected chi connectivity index (χ3v) is 5.13. The number of pyridine rings is 1. The predicted molar refractivity (Wildman–Crippen MR) is 116 cm³/mol. The maximum Gasteiger partial charge on any atom is 0.270 e. The molecule has 0 aliphatic heterocycles. The van der Waals surface area contributed by atoms with Crippen molar-refractivity contribution >= 4 is 22.5 Å². The molecule has 4 rings (SSSR count). The van der Waals surface area contributed by atoms with Crippen molar-refractivity contribution in [1.82, 2.24) is 30.3 Å². The summed E-state index contributed by atoms with van der Waals surface area (Å²) in [4.78, 5) is 16.7. The van der Waals surface area contributed by atoms with Gasteiger partial charge < -0.3 is 10.6 Å². The summed E-state index contributed by atoms with van der Waals surface area (Å²) in [7, 11) is 0. The van der Waals surface area contributed by atoms with Crippen LogP contribution in [0.5, 0.6) is 0 Å². The first-order valence-corrected chi connectivity index (χ1v) is 9.77. The normalized spacial score (nSPS) is 10.9. The van der Waals surface area contributed by atoms with Crippen molar-refractivity contribution in [3.8, 4) is 5.82 Å². The Morgan fingerprint density at radius 1 is 1.00 bits per heavy atom. The summed E-state index contributed by atoms with van der Waals surface area (Å²) in [5.74, 6) is 1.11. The Labute approximate surface area is 174 Å². The van der Waals surface area contributed by atoms with Crippen LogP contribution in [0.25, 0.3) is 16.6 Å². The van der Waals surface area contributed by atoms with Crippen molar-refractivity contribution in [3.63, 3.8) is 0 Å². The zero-order valence-electron chi connectivity index (χ0n) is 17.2. The summed E-state index contributed by atoms with van der Waals surface area (Å²) >= 11 is 0. The number of hydrogen-bond acceptors (Lipinski definition) is 6. The highest BCUT2D eigenvalue weighted by Gasteiger charge is 2.12. The first-order chi connectivity index (χ1) is 14.5. The molecular formula is C22H23N7O. The number of carbonyl (C=O) groups excluding carboxylic acids is 1. The number of hydrogen-bond donors (Lipinski definition) is 2. The molecule has 8 nitrogen and oxygen atoms in total. The van der Waals surface area contributed by atoms with Gasteiger partial charge in [0.15, 0.2) is 5.82 Å². The van der Waals surface area contributed by atoms with Crippen LogP contribution in [0, 0.1) is 20.8 Å². The van der Waals surface area contributed by atoms with E-state index in [9.17, 15) is 4.79 Å². The summed E-state index contributed by atoms with van der Waals surface area (Å²) in [5.41, 5.74) is 3.60. The highest BCUT2D eigenvalue weighted by molar-refractivity contribution is 6.05. The van der Waals surface area contributed by atoms with Gasteiger partial charge in [-0.15, -0.1) is 10.2 Å². The van der Waals surface area contributed by atoms with E-state index in [0.717, 1.165) is 27.7 Å².